The van der Waals surface area contributed by atoms with Crippen LogP contribution in [-0.4, -0.2) is 18.3 Å². The van der Waals surface area contributed by atoms with Crippen LogP contribution in [0.15, 0.2) is 0 Å². The van der Waals surface area contributed by atoms with E-state index >= 15 is 0 Å². The number of nitrogens with two attached hydrogens (primary N) is 1. The van der Waals surface area contributed by atoms with Gasteiger partial charge in [-0.2, -0.15) is 0 Å². The number of ketones is 1. The Bertz CT molecular complexity index is 138. The van der Waals surface area contributed by atoms with Gasteiger partial charge in [-0.15, -0.1) is 0 Å². The first-order valence-corrected chi connectivity index (χ1v) is 3.12. The quantitative estimate of drug-likeness (QED) is 0.254. The molecule has 0 aliphatic rings. The number of rotatable bonds is 5. The molecule has 5 heteroatoms. The first-order chi connectivity index (χ1) is 4.68. The van der Waals surface area contributed by atoms with Gasteiger partial charge in [0, 0.05) is 6.42 Å². The number of Topliss-reactive ketones (excluding diaryl/α,β-unsaturated/α-hetero) is 1. The number of unbranched alkanes of at least 4 members (excludes halogenated alkanes) is 1. The summed E-state index contributed by atoms with van der Waals surface area (Å²) in [6, 6.07) is 0. The van der Waals surface area contributed by atoms with E-state index in [2.05, 4.69) is 0 Å². The molecular weight excluding hydrogens is 157 g/mol. The molecule has 0 rings (SSSR count). The molecule has 0 radical (unpaired) electrons. The Labute approximate surface area is 87.4 Å². The van der Waals surface area contributed by atoms with Gasteiger partial charge >= 0.3 is 29.6 Å². The summed E-state index contributed by atoms with van der Waals surface area (Å²) in [6.07, 6.45) is 1.25. The smallest absolute Gasteiger partial charge is 0.542 e. The van der Waals surface area contributed by atoms with Crippen LogP contribution < -0.4 is 40.4 Å². The number of hydrogen-bond donors (Lipinski definition) is 1. The number of aliphatic carboxylic acids is 1. The first-order valence-electron chi connectivity index (χ1n) is 3.12. The van der Waals surface area contributed by atoms with Crippen molar-refractivity contribution < 1.29 is 44.3 Å². The van der Waals surface area contributed by atoms with Crippen LogP contribution in [-0.2, 0) is 9.59 Å². The number of carbonyl (C=O) groups excluding carboxylic acids is 2. The Balaban J connectivity index is 0. The average molecular weight is 167 g/mol. The zero-order chi connectivity index (χ0) is 7.98. The molecule has 0 saturated heterocycles. The Morgan fingerprint density at radius 1 is 1.27 bits per heavy atom. The topological polar surface area (TPSA) is 83.2 Å². The summed E-state index contributed by atoms with van der Waals surface area (Å²) in [4.78, 5) is 20.1. The normalized spacial score (nSPS) is 8.45. The minimum absolute atomic E-state index is 0. The molecule has 58 valence electrons. The Morgan fingerprint density at radius 2 is 1.82 bits per heavy atom. The predicted molar refractivity (Wildman–Crippen MR) is 32.9 cm³/mol. The summed E-state index contributed by atoms with van der Waals surface area (Å²) in [5.74, 6) is -2.44. The van der Waals surface area contributed by atoms with Gasteiger partial charge in [0.25, 0.3) is 0 Å². The van der Waals surface area contributed by atoms with Gasteiger partial charge in [-0.05, 0) is 19.4 Å². The molecule has 11 heavy (non-hydrogen) atoms. The van der Waals surface area contributed by atoms with Gasteiger partial charge in [-0.3, -0.25) is 4.79 Å². The van der Waals surface area contributed by atoms with Gasteiger partial charge in [0.15, 0.2) is 5.78 Å². The number of carboxylic acids is 1. The fourth-order valence-corrected chi connectivity index (χ4v) is 0.532. The Kier molecular flexibility index (Phi) is 10.2. The zero-order valence-electron chi connectivity index (χ0n) is 6.63. The van der Waals surface area contributed by atoms with Crippen molar-refractivity contribution in [3.63, 3.8) is 0 Å². The van der Waals surface area contributed by atoms with E-state index in [-0.39, 0.29) is 36.0 Å². The van der Waals surface area contributed by atoms with E-state index in [9.17, 15) is 14.7 Å². The molecule has 0 aromatic rings. The number of carboxylic acid groups (broad SMARTS) is 1. The minimum Gasteiger partial charge on any atom is -0.542 e. The molecule has 0 fully saturated rings. The van der Waals surface area contributed by atoms with Crippen molar-refractivity contribution in [2.24, 2.45) is 5.73 Å². The Morgan fingerprint density at radius 3 is 2.18 bits per heavy atom. The van der Waals surface area contributed by atoms with Crippen molar-refractivity contribution in [3.8, 4) is 0 Å². The maximum absolute atomic E-state index is 10.3. The second-order valence-corrected chi connectivity index (χ2v) is 1.96. The van der Waals surface area contributed by atoms with E-state index in [0.717, 1.165) is 0 Å². The predicted octanol–water partition coefficient (Wildman–Crippen LogP) is -4.56. The standard InChI is InChI=1S/C6H11NO3.Na/c7-4-2-1-3-5(8)6(9)10;/h1-4,7H2,(H,9,10);/q;+1/p-1. The van der Waals surface area contributed by atoms with Crippen LogP contribution in [0.3, 0.4) is 0 Å². The van der Waals surface area contributed by atoms with Gasteiger partial charge in [-0.25, -0.2) is 0 Å². The van der Waals surface area contributed by atoms with E-state index in [0.29, 0.717) is 19.4 Å². The third-order valence-corrected chi connectivity index (χ3v) is 1.09. The molecule has 0 atom stereocenters. The number of carbonyl (C=O) groups is 2. The summed E-state index contributed by atoms with van der Waals surface area (Å²) in [6.45, 7) is 0.486. The van der Waals surface area contributed by atoms with Gasteiger partial charge in [0.2, 0.25) is 0 Å². The molecule has 0 heterocycles. The second-order valence-electron chi connectivity index (χ2n) is 1.96. The fraction of sp³-hybridized carbons (Fsp3) is 0.667. The van der Waals surface area contributed by atoms with Gasteiger partial charge in [0.1, 0.15) is 5.97 Å². The van der Waals surface area contributed by atoms with E-state index in [1.165, 1.54) is 0 Å². The fourth-order valence-electron chi connectivity index (χ4n) is 0.532. The molecule has 0 amide bonds. The van der Waals surface area contributed by atoms with E-state index in [4.69, 9.17) is 5.73 Å². The van der Waals surface area contributed by atoms with Crippen molar-refractivity contribution in [1.29, 1.82) is 0 Å². The average Bonchev–Trinajstić information content (AvgIpc) is 1.88. The summed E-state index contributed by atoms with van der Waals surface area (Å²) in [7, 11) is 0. The van der Waals surface area contributed by atoms with Gasteiger partial charge < -0.3 is 15.6 Å². The summed E-state index contributed by atoms with van der Waals surface area (Å²) in [5.41, 5.74) is 5.12. The van der Waals surface area contributed by atoms with Crippen LogP contribution in [0.25, 0.3) is 0 Å². The monoisotopic (exact) mass is 167 g/mol. The summed E-state index contributed by atoms with van der Waals surface area (Å²) in [5, 5.41) is 9.80. The van der Waals surface area contributed by atoms with Crippen LogP contribution in [0, 0.1) is 0 Å². The van der Waals surface area contributed by atoms with Crippen LogP contribution in [0.4, 0.5) is 0 Å². The molecule has 4 nitrogen and oxygen atoms in total. The SMILES string of the molecule is NCCCCC(=O)C(=O)[O-].[Na+]. The van der Waals surface area contributed by atoms with Gasteiger partial charge in [-0.1, -0.05) is 0 Å². The van der Waals surface area contributed by atoms with Crippen LogP contribution in [0.2, 0.25) is 0 Å². The molecule has 0 bridgehead atoms. The molecule has 0 aliphatic heterocycles. The van der Waals surface area contributed by atoms with E-state index in [1.807, 2.05) is 0 Å². The number of hydrogen-bond acceptors (Lipinski definition) is 4. The summed E-state index contributed by atoms with van der Waals surface area (Å²) < 4.78 is 0. The van der Waals surface area contributed by atoms with Crippen molar-refractivity contribution in [3.05, 3.63) is 0 Å². The second kappa shape index (κ2) is 8.20. The van der Waals surface area contributed by atoms with Gasteiger partial charge in [0.05, 0.1) is 0 Å². The molecule has 0 aliphatic carbocycles. The maximum Gasteiger partial charge on any atom is 1.00 e. The third kappa shape index (κ3) is 8.00. The zero-order valence-corrected chi connectivity index (χ0v) is 8.63. The van der Waals surface area contributed by atoms with Crippen LogP contribution >= 0.6 is 0 Å². The molecule has 0 aromatic carbocycles. The molecule has 0 unspecified atom stereocenters. The maximum atomic E-state index is 10.3. The van der Waals surface area contributed by atoms with Crippen molar-refractivity contribution >= 4 is 11.8 Å². The van der Waals surface area contributed by atoms with Crippen molar-refractivity contribution in [2.75, 3.05) is 6.54 Å². The third-order valence-electron chi connectivity index (χ3n) is 1.09. The van der Waals surface area contributed by atoms with Crippen LogP contribution in [0.5, 0.6) is 0 Å². The van der Waals surface area contributed by atoms with Crippen LogP contribution in [0.1, 0.15) is 19.3 Å². The molecule has 0 spiro atoms. The Hall–Kier alpha value is 0.100. The first kappa shape index (κ1) is 13.7. The summed E-state index contributed by atoms with van der Waals surface area (Å²) >= 11 is 0. The molecule has 0 aromatic heterocycles. The van der Waals surface area contributed by atoms with Crippen molar-refractivity contribution in [1.82, 2.24) is 0 Å². The van der Waals surface area contributed by atoms with E-state index in [1.54, 1.807) is 0 Å². The molecule has 0 saturated carbocycles. The minimum atomic E-state index is -1.60. The molecular formula is C6H10NNaO3. The van der Waals surface area contributed by atoms with E-state index < -0.39 is 11.8 Å². The largest absolute Gasteiger partial charge is 1.00 e. The van der Waals surface area contributed by atoms with Crippen molar-refractivity contribution in [2.45, 2.75) is 19.3 Å². The molecule has 2 N–H and O–H groups in total.